The predicted molar refractivity (Wildman–Crippen MR) is 88.6 cm³/mol. The van der Waals surface area contributed by atoms with Gasteiger partial charge in [0.05, 0.1) is 19.3 Å². The van der Waals surface area contributed by atoms with Gasteiger partial charge in [0.15, 0.2) is 17.1 Å². The molecular formula is C17H16O5S. The highest BCUT2D eigenvalue weighted by Gasteiger charge is 2.20. The normalized spacial score (nSPS) is 13.3. The molecule has 0 fully saturated rings. The maximum Gasteiger partial charge on any atom is 0.306 e. The van der Waals surface area contributed by atoms with Gasteiger partial charge < -0.3 is 14.3 Å². The van der Waals surface area contributed by atoms with Crippen LogP contribution in [-0.4, -0.2) is 24.0 Å². The van der Waals surface area contributed by atoms with Gasteiger partial charge in [0.1, 0.15) is 5.76 Å². The van der Waals surface area contributed by atoms with Crippen LogP contribution in [0.5, 0.6) is 5.75 Å². The Kier molecular flexibility index (Phi) is 3.53. The third-order valence-electron chi connectivity index (χ3n) is 3.71. The van der Waals surface area contributed by atoms with Crippen LogP contribution in [0, 0.1) is 12.8 Å². The molecule has 5 nitrogen and oxygen atoms in total. The number of ether oxygens (including phenoxy) is 1. The SMILES string of the molecule is [2H]c1c(C)oc2c(OC)cc3sc(C(=O)C[C@H](C)C(=O)O)cc3c12. The molecule has 0 saturated heterocycles. The molecule has 1 aromatic carbocycles. The Morgan fingerprint density at radius 2 is 2.17 bits per heavy atom. The fourth-order valence-corrected chi connectivity index (χ4v) is 3.52. The molecule has 0 radical (unpaired) electrons. The summed E-state index contributed by atoms with van der Waals surface area (Å²) in [6.07, 6.45) is -0.0550. The number of methoxy groups -OCH3 is 1. The Hall–Kier alpha value is -2.34. The second-order valence-corrected chi connectivity index (χ2v) is 6.54. The van der Waals surface area contributed by atoms with E-state index in [1.54, 1.807) is 19.1 Å². The predicted octanol–water partition coefficient (Wildman–Crippen LogP) is 4.26. The van der Waals surface area contributed by atoms with E-state index in [9.17, 15) is 9.59 Å². The number of aryl methyl sites for hydroxylation is 1. The van der Waals surface area contributed by atoms with Gasteiger partial charge in [-0.1, -0.05) is 6.92 Å². The maximum absolute atomic E-state index is 12.4. The minimum atomic E-state index is -0.993. The number of aliphatic carboxylic acids is 1. The molecule has 0 unspecified atom stereocenters. The van der Waals surface area contributed by atoms with Crippen LogP contribution in [-0.2, 0) is 4.79 Å². The standard InChI is InChI=1S/C17H16O5S/c1-8(17(19)20)4-12(18)15-6-10-11-5-9(2)22-16(11)13(21-3)7-14(10)23-15/h5-8H,4H2,1-3H3,(H,19,20)/t8-/m0/s1/i5D. The van der Waals surface area contributed by atoms with Crippen molar-refractivity contribution >= 4 is 44.1 Å². The Labute approximate surface area is 137 Å². The number of ketones is 1. The number of carboxylic acid groups (broad SMARTS) is 1. The van der Waals surface area contributed by atoms with E-state index < -0.39 is 11.9 Å². The van der Waals surface area contributed by atoms with Crippen LogP contribution in [0.3, 0.4) is 0 Å². The number of hydrogen-bond donors (Lipinski definition) is 1. The summed E-state index contributed by atoms with van der Waals surface area (Å²) in [7, 11) is 1.52. The van der Waals surface area contributed by atoms with Crippen LogP contribution in [0.2, 0.25) is 0 Å². The third-order valence-corrected chi connectivity index (χ3v) is 4.83. The van der Waals surface area contributed by atoms with Gasteiger partial charge in [0.2, 0.25) is 0 Å². The van der Waals surface area contributed by atoms with Crippen molar-refractivity contribution in [2.24, 2.45) is 5.92 Å². The molecule has 6 heteroatoms. The van der Waals surface area contributed by atoms with Crippen LogP contribution in [0.15, 0.2) is 22.6 Å². The zero-order valence-electron chi connectivity index (χ0n) is 13.9. The Morgan fingerprint density at radius 3 is 2.83 bits per heavy atom. The largest absolute Gasteiger partial charge is 0.493 e. The van der Waals surface area contributed by atoms with E-state index >= 15 is 0 Å². The zero-order valence-corrected chi connectivity index (χ0v) is 13.7. The van der Waals surface area contributed by atoms with Crippen molar-refractivity contribution in [3.63, 3.8) is 0 Å². The smallest absolute Gasteiger partial charge is 0.306 e. The fourth-order valence-electron chi connectivity index (χ4n) is 2.47. The van der Waals surface area contributed by atoms with Crippen molar-refractivity contribution in [2.45, 2.75) is 20.3 Å². The zero-order chi connectivity index (χ0) is 17.6. The number of furan rings is 1. The van der Waals surface area contributed by atoms with Crippen molar-refractivity contribution in [3.05, 3.63) is 28.8 Å². The number of carbonyl (C=O) groups is 2. The molecule has 0 spiro atoms. The molecular weight excluding hydrogens is 316 g/mol. The lowest BCUT2D eigenvalue weighted by Gasteiger charge is -2.02. The number of carbonyl (C=O) groups excluding carboxylic acids is 1. The van der Waals surface area contributed by atoms with Gasteiger partial charge in [-0.15, -0.1) is 11.3 Å². The molecule has 120 valence electrons. The van der Waals surface area contributed by atoms with Crippen LogP contribution in [0.1, 0.15) is 30.1 Å². The number of thiophene rings is 1. The molecule has 2 aromatic heterocycles. The molecule has 3 rings (SSSR count). The monoisotopic (exact) mass is 333 g/mol. The lowest BCUT2D eigenvalue weighted by atomic mass is 10.0. The molecule has 1 N–H and O–H groups in total. The van der Waals surface area contributed by atoms with Crippen LogP contribution in [0.25, 0.3) is 21.1 Å². The van der Waals surface area contributed by atoms with Gasteiger partial charge in [0.25, 0.3) is 0 Å². The number of carboxylic acids is 1. The first-order chi connectivity index (χ1) is 11.3. The second-order valence-electron chi connectivity index (χ2n) is 5.46. The van der Waals surface area contributed by atoms with Crippen LogP contribution < -0.4 is 4.74 Å². The lowest BCUT2D eigenvalue weighted by molar-refractivity contribution is -0.141. The van der Waals surface area contributed by atoms with Gasteiger partial charge in [-0.3, -0.25) is 9.59 Å². The molecule has 0 saturated carbocycles. The number of benzene rings is 1. The van der Waals surface area contributed by atoms with Crippen molar-refractivity contribution in [1.82, 2.24) is 0 Å². The summed E-state index contributed by atoms with van der Waals surface area (Å²) >= 11 is 1.27. The second kappa shape index (κ2) is 5.70. The van der Waals surface area contributed by atoms with Crippen LogP contribution in [0.4, 0.5) is 0 Å². The minimum Gasteiger partial charge on any atom is -0.493 e. The molecule has 3 aromatic rings. The number of hydrogen-bond acceptors (Lipinski definition) is 5. The molecule has 0 amide bonds. The molecule has 0 bridgehead atoms. The fraction of sp³-hybridized carbons (Fsp3) is 0.294. The molecule has 23 heavy (non-hydrogen) atoms. The highest BCUT2D eigenvalue weighted by atomic mass is 32.1. The van der Waals surface area contributed by atoms with E-state index in [2.05, 4.69) is 0 Å². The highest BCUT2D eigenvalue weighted by Crippen LogP contribution is 2.39. The average Bonchev–Trinajstić information content (AvgIpc) is 3.08. The summed E-state index contributed by atoms with van der Waals surface area (Å²) in [6, 6.07) is 3.76. The number of rotatable bonds is 5. The van der Waals surface area contributed by atoms with Gasteiger partial charge in [-0.25, -0.2) is 0 Å². The first kappa shape index (κ1) is 14.3. The van der Waals surface area contributed by atoms with Crippen molar-refractivity contribution in [1.29, 1.82) is 0 Å². The summed E-state index contributed by atoms with van der Waals surface area (Å²) in [4.78, 5) is 23.8. The lowest BCUT2D eigenvalue weighted by Crippen LogP contribution is -2.13. The topological polar surface area (TPSA) is 76.7 Å². The molecule has 0 aliphatic carbocycles. The van der Waals surface area contributed by atoms with E-state index in [1.807, 2.05) is 0 Å². The van der Waals surface area contributed by atoms with E-state index in [0.717, 1.165) is 10.1 Å². The summed E-state index contributed by atoms with van der Waals surface area (Å²) < 4.78 is 20.0. The van der Waals surface area contributed by atoms with Crippen molar-refractivity contribution < 1.29 is 25.2 Å². The maximum atomic E-state index is 12.4. The summed E-state index contributed by atoms with van der Waals surface area (Å²) in [5, 5.41) is 10.3. The van der Waals surface area contributed by atoms with E-state index in [1.165, 1.54) is 25.4 Å². The Bertz CT molecular complexity index is 969. The van der Waals surface area contributed by atoms with Crippen molar-refractivity contribution in [2.75, 3.05) is 7.11 Å². The minimum absolute atomic E-state index is 0.0550. The summed E-state index contributed by atoms with van der Waals surface area (Å²) in [5.74, 6) is -0.953. The molecule has 1 atom stereocenters. The van der Waals surface area contributed by atoms with Gasteiger partial charge in [-0.2, -0.15) is 0 Å². The Balaban J connectivity index is 2.16. The molecule has 0 aliphatic heterocycles. The van der Waals surface area contributed by atoms with E-state index in [4.69, 9.17) is 15.6 Å². The first-order valence-corrected chi connectivity index (χ1v) is 7.91. The van der Waals surface area contributed by atoms with E-state index in [-0.39, 0.29) is 18.2 Å². The summed E-state index contributed by atoms with van der Waals surface area (Å²) in [6.45, 7) is 3.22. The molecule has 0 aliphatic rings. The summed E-state index contributed by atoms with van der Waals surface area (Å²) in [5.41, 5.74) is 0.489. The highest BCUT2D eigenvalue weighted by molar-refractivity contribution is 7.21. The molecule has 2 heterocycles. The van der Waals surface area contributed by atoms with Crippen LogP contribution >= 0.6 is 11.3 Å². The number of fused-ring (bicyclic) bond motifs is 3. The quantitative estimate of drug-likeness (QED) is 0.706. The van der Waals surface area contributed by atoms with Crippen molar-refractivity contribution in [3.8, 4) is 5.75 Å². The van der Waals surface area contributed by atoms with Gasteiger partial charge in [-0.05, 0) is 19.0 Å². The third kappa shape index (κ3) is 2.70. The van der Waals surface area contributed by atoms with Gasteiger partial charge >= 0.3 is 5.97 Å². The van der Waals surface area contributed by atoms with E-state index in [0.29, 0.717) is 27.4 Å². The Morgan fingerprint density at radius 1 is 1.43 bits per heavy atom. The first-order valence-electron chi connectivity index (χ1n) is 7.59. The number of Topliss-reactive ketones (excluding diaryl/α,β-unsaturated/α-hetero) is 1. The van der Waals surface area contributed by atoms with Gasteiger partial charge in [0, 0.05) is 28.0 Å². The average molecular weight is 333 g/mol.